The van der Waals surface area contributed by atoms with Crippen molar-refractivity contribution in [2.75, 3.05) is 19.0 Å². The lowest BCUT2D eigenvalue weighted by Gasteiger charge is -2.11. The molecule has 3 N–H and O–H groups in total. The third-order valence-corrected chi connectivity index (χ3v) is 3.32. The summed E-state index contributed by atoms with van der Waals surface area (Å²) in [5.41, 5.74) is 0.564. The molecule has 0 aliphatic heterocycles. The number of furan rings is 1. The van der Waals surface area contributed by atoms with Crippen LogP contribution in [0.2, 0.25) is 5.02 Å². The Morgan fingerprint density at radius 3 is 2.95 bits per heavy atom. The Labute approximate surface area is 128 Å². The van der Waals surface area contributed by atoms with E-state index in [-0.39, 0.29) is 18.5 Å². The van der Waals surface area contributed by atoms with E-state index in [9.17, 15) is 4.79 Å². The molecule has 112 valence electrons. The van der Waals surface area contributed by atoms with Crippen LogP contribution in [-0.2, 0) is 4.79 Å². The summed E-state index contributed by atoms with van der Waals surface area (Å²) in [5.74, 6) is 1.28. The maximum Gasteiger partial charge on any atom is 0.279 e. The number of carbonyl (C=O) groups excluding carboxylic acids is 1. The summed E-state index contributed by atoms with van der Waals surface area (Å²) >= 11 is 5.93. The SMILES string of the molecule is COc1ccc(Cl)cc1NC(=O)C[NH2+][C@@H](C)c1ccco1. The van der Waals surface area contributed by atoms with Crippen LogP contribution in [0.25, 0.3) is 0 Å². The van der Waals surface area contributed by atoms with Gasteiger partial charge in [-0.25, -0.2) is 0 Å². The van der Waals surface area contributed by atoms with Gasteiger partial charge in [-0.3, -0.25) is 4.79 Å². The van der Waals surface area contributed by atoms with Crippen molar-refractivity contribution in [3.05, 3.63) is 47.4 Å². The van der Waals surface area contributed by atoms with Crippen LogP contribution in [0.1, 0.15) is 18.7 Å². The van der Waals surface area contributed by atoms with E-state index in [1.165, 1.54) is 0 Å². The third kappa shape index (κ3) is 4.24. The number of carbonyl (C=O) groups is 1. The topological polar surface area (TPSA) is 68.1 Å². The van der Waals surface area contributed by atoms with Gasteiger partial charge in [-0.1, -0.05) is 11.6 Å². The first kappa shape index (κ1) is 15.4. The Morgan fingerprint density at radius 2 is 2.29 bits per heavy atom. The van der Waals surface area contributed by atoms with Crippen molar-refractivity contribution in [1.82, 2.24) is 0 Å². The highest BCUT2D eigenvalue weighted by Crippen LogP contribution is 2.27. The van der Waals surface area contributed by atoms with E-state index in [0.717, 1.165) is 5.76 Å². The molecule has 2 aromatic rings. The maximum atomic E-state index is 12.0. The molecule has 21 heavy (non-hydrogen) atoms. The minimum atomic E-state index is -0.131. The lowest BCUT2D eigenvalue weighted by atomic mass is 10.2. The van der Waals surface area contributed by atoms with Crippen molar-refractivity contribution in [1.29, 1.82) is 0 Å². The molecular formula is C15H18ClN2O3+. The fraction of sp³-hybridized carbons (Fsp3) is 0.267. The van der Waals surface area contributed by atoms with Gasteiger partial charge in [0.15, 0.2) is 12.3 Å². The molecule has 1 aromatic heterocycles. The third-order valence-electron chi connectivity index (χ3n) is 3.08. The number of nitrogens with one attached hydrogen (secondary N) is 1. The summed E-state index contributed by atoms with van der Waals surface area (Å²) in [5, 5.41) is 5.23. The molecule has 0 saturated carbocycles. The number of halogens is 1. The van der Waals surface area contributed by atoms with Crippen molar-refractivity contribution < 1.29 is 19.3 Å². The first-order valence-corrected chi connectivity index (χ1v) is 6.98. The molecule has 0 saturated heterocycles. The molecule has 1 amide bonds. The monoisotopic (exact) mass is 309 g/mol. The molecule has 1 heterocycles. The summed E-state index contributed by atoms with van der Waals surface area (Å²) in [4.78, 5) is 12.0. The standard InChI is InChI=1S/C15H17ClN2O3/c1-10(13-4-3-7-21-13)17-9-15(19)18-12-8-11(16)5-6-14(12)20-2/h3-8,10,17H,9H2,1-2H3,(H,18,19)/p+1/t10-/m0/s1. The maximum absolute atomic E-state index is 12.0. The van der Waals surface area contributed by atoms with Crippen LogP contribution in [0, 0.1) is 0 Å². The van der Waals surface area contributed by atoms with Crippen LogP contribution in [0.3, 0.4) is 0 Å². The van der Waals surface area contributed by atoms with Gasteiger partial charge in [0.2, 0.25) is 0 Å². The molecule has 1 atom stereocenters. The van der Waals surface area contributed by atoms with Gasteiger partial charge in [0.05, 0.1) is 19.1 Å². The number of ether oxygens (including phenoxy) is 1. The van der Waals surface area contributed by atoms with Crippen LogP contribution in [0.15, 0.2) is 41.0 Å². The number of methoxy groups -OCH3 is 1. The number of anilines is 1. The fourth-order valence-electron chi connectivity index (χ4n) is 1.93. The number of hydrogen-bond donors (Lipinski definition) is 2. The van der Waals surface area contributed by atoms with Gasteiger partial charge in [-0.2, -0.15) is 0 Å². The van der Waals surface area contributed by atoms with Crippen LogP contribution in [-0.4, -0.2) is 19.6 Å². The lowest BCUT2D eigenvalue weighted by molar-refractivity contribution is -0.684. The Kier molecular flexibility index (Phi) is 5.25. The number of rotatable bonds is 6. The minimum absolute atomic E-state index is 0.0759. The van der Waals surface area contributed by atoms with Crippen molar-refractivity contribution >= 4 is 23.2 Å². The molecule has 1 aromatic carbocycles. The predicted molar refractivity (Wildman–Crippen MR) is 80.5 cm³/mol. The Bertz CT molecular complexity index is 599. The number of benzene rings is 1. The fourth-order valence-corrected chi connectivity index (χ4v) is 2.10. The first-order valence-electron chi connectivity index (χ1n) is 6.60. The van der Waals surface area contributed by atoms with Crippen LogP contribution >= 0.6 is 11.6 Å². The van der Waals surface area contributed by atoms with Gasteiger partial charge in [0.25, 0.3) is 5.91 Å². The minimum Gasteiger partial charge on any atom is -0.495 e. The molecule has 0 fully saturated rings. The van der Waals surface area contributed by atoms with E-state index >= 15 is 0 Å². The zero-order valence-electron chi connectivity index (χ0n) is 11.9. The second-order valence-corrected chi connectivity index (χ2v) is 5.07. The summed E-state index contributed by atoms with van der Waals surface area (Å²) in [6, 6.07) is 8.88. The second kappa shape index (κ2) is 7.15. The molecule has 0 aliphatic rings. The highest BCUT2D eigenvalue weighted by atomic mass is 35.5. The smallest absolute Gasteiger partial charge is 0.279 e. The van der Waals surface area contributed by atoms with Crippen LogP contribution in [0.5, 0.6) is 5.75 Å². The molecule has 0 spiro atoms. The van der Waals surface area contributed by atoms with Crippen molar-refractivity contribution in [3.63, 3.8) is 0 Å². The van der Waals surface area contributed by atoms with E-state index in [4.69, 9.17) is 20.8 Å². The zero-order chi connectivity index (χ0) is 15.2. The van der Waals surface area contributed by atoms with Gasteiger partial charge in [0.1, 0.15) is 11.8 Å². The molecule has 0 unspecified atom stereocenters. The lowest BCUT2D eigenvalue weighted by Crippen LogP contribution is -2.86. The van der Waals surface area contributed by atoms with Crippen LogP contribution in [0.4, 0.5) is 5.69 Å². The Hall–Kier alpha value is -1.98. The number of nitrogens with two attached hydrogens (primary N) is 1. The number of hydrogen-bond acceptors (Lipinski definition) is 3. The second-order valence-electron chi connectivity index (χ2n) is 4.64. The van der Waals surface area contributed by atoms with E-state index in [2.05, 4.69) is 5.32 Å². The van der Waals surface area contributed by atoms with Crippen LogP contribution < -0.4 is 15.4 Å². The molecule has 2 rings (SSSR count). The van der Waals surface area contributed by atoms with Gasteiger partial charge < -0.3 is 19.8 Å². The predicted octanol–water partition coefficient (Wildman–Crippen LogP) is 2.20. The van der Waals surface area contributed by atoms with Gasteiger partial charge in [0, 0.05) is 5.02 Å². The van der Waals surface area contributed by atoms with E-state index in [1.807, 2.05) is 24.4 Å². The molecule has 0 radical (unpaired) electrons. The quantitative estimate of drug-likeness (QED) is 0.859. The molecule has 0 bridgehead atoms. The largest absolute Gasteiger partial charge is 0.495 e. The van der Waals surface area contributed by atoms with Gasteiger partial charge in [-0.05, 0) is 37.3 Å². The highest BCUT2D eigenvalue weighted by molar-refractivity contribution is 6.31. The molecule has 5 nitrogen and oxygen atoms in total. The molecule has 0 aliphatic carbocycles. The molecular weight excluding hydrogens is 292 g/mol. The average Bonchev–Trinajstić information content (AvgIpc) is 2.99. The van der Waals surface area contributed by atoms with E-state index in [0.29, 0.717) is 16.5 Å². The zero-order valence-corrected chi connectivity index (χ0v) is 12.7. The Balaban J connectivity index is 1.91. The normalized spacial score (nSPS) is 12.0. The van der Waals surface area contributed by atoms with Crippen molar-refractivity contribution in [2.24, 2.45) is 0 Å². The summed E-state index contributed by atoms with van der Waals surface area (Å²) in [7, 11) is 1.55. The first-order chi connectivity index (χ1) is 10.1. The summed E-state index contributed by atoms with van der Waals surface area (Å²) in [6.07, 6.45) is 1.62. The number of amides is 1. The average molecular weight is 310 g/mol. The summed E-state index contributed by atoms with van der Waals surface area (Å²) in [6.45, 7) is 2.25. The van der Waals surface area contributed by atoms with Gasteiger partial charge >= 0.3 is 0 Å². The van der Waals surface area contributed by atoms with Gasteiger partial charge in [-0.15, -0.1) is 0 Å². The van der Waals surface area contributed by atoms with E-state index < -0.39 is 0 Å². The van der Waals surface area contributed by atoms with Crippen molar-refractivity contribution in [2.45, 2.75) is 13.0 Å². The highest BCUT2D eigenvalue weighted by Gasteiger charge is 2.15. The van der Waals surface area contributed by atoms with E-state index in [1.54, 1.807) is 31.6 Å². The number of quaternary nitrogens is 1. The summed E-state index contributed by atoms with van der Waals surface area (Å²) < 4.78 is 10.5. The Morgan fingerprint density at radius 1 is 1.48 bits per heavy atom. The van der Waals surface area contributed by atoms with Crippen molar-refractivity contribution in [3.8, 4) is 5.75 Å². The molecule has 6 heteroatoms.